The molecule has 142 valence electrons. The second-order valence-electron chi connectivity index (χ2n) is 5.65. The monoisotopic (exact) mass is 419 g/mol. The lowest BCUT2D eigenvalue weighted by Gasteiger charge is -2.32. The van der Waals surface area contributed by atoms with Crippen LogP contribution in [-0.2, 0) is 5.67 Å². The molecule has 0 aliphatic carbocycles. The zero-order chi connectivity index (χ0) is 20.1. The van der Waals surface area contributed by atoms with Gasteiger partial charge in [0, 0.05) is 17.3 Å². The molecule has 0 aliphatic rings. The van der Waals surface area contributed by atoms with Gasteiger partial charge < -0.3 is 0 Å². The van der Waals surface area contributed by atoms with E-state index >= 15 is 0 Å². The third-order valence-corrected chi connectivity index (χ3v) is 4.40. The summed E-state index contributed by atoms with van der Waals surface area (Å²) in [7, 11) is 0. The summed E-state index contributed by atoms with van der Waals surface area (Å²) in [5, 5.41) is -0.390. The van der Waals surface area contributed by atoms with Gasteiger partial charge in [0.1, 0.15) is 5.15 Å². The smallest absolute Gasteiger partial charge is 0.242 e. The van der Waals surface area contributed by atoms with Gasteiger partial charge in [0.15, 0.2) is 0 Å². The molecule has 1 heterocycles. The molecule has 1 aromatic heterocycles. The van der Waals surface area contributed by atoms with E-state index in [9.17, 15) is 30.7 Å². The highest BCUT2D eigenvalue weighted by Gasteiger charge is 2.74. The Bertz CT molecular complexity index is 830. The van der Waals surface area contributed by atoms with Gasteiger partial charge in [0.25, 0.3) is 0 Å². The molecule has 26 heavy (non-hydrogen) atoms. The van der Waals surface area contributed by atoms with E-state index in [2.05, 4.69) is 4.98 Å². The summed E-state index contributed by atoms with van der Waals surface area (Å²) in [6, 6.07) is 2.88. The molecule has 0 unspecified atom stereocenters. The van der Waals surface area contributed by atoms with Crippen LogP contribution in [-0.4, -0.2) is 17.3 Å². The number of benzene rings is 1. The zero-order valence-electron chi connectivity index (χ0n) is 13.2. The molecule has 1 aromatic carbocycles. The Morgan fingerprint density at radius 3 is 1.85 bits per heavy atom. The van der Waals surface area contributed by atoms with Gasteiger partial charge in [0.05, 0.1) is 5.02 Å². The standard InChI is InChI=1S/C16H10Cl2F7N/c1-7-3-8(2)12(9-5-11(17)13(18)26-6-9)10(4-7)14(19,15(20,21)22)16(23,24)25/h3-6H,1-2H3. The summed E-state index contributed by atoms with van der Waals surface area (Å²) in [6.07, 6.45) is -11.5. The topological polar surface area (TPSA) is 12.9 Å². The van der Waals surface area contributed by atoms with Crippen molar-refractivity contribution in [1.82, 2.24) is 4.98 Å². The van der Waals surface area contributed by atoms with Gasteiger partial charge in [-0.2, -0.15) is 26.3 Å². The van der Waals surface area contributed by atoms with Gasteiger partial charge in [0.2, 0.25) is 0 Å². The maximum Gasteiger partial charge on any atom is 0.435 e. The summed E-state index contributed by atoms with van der Waals surface area (Å²) in [5.74, 6) is 0. The molecule has 1 nitrogen and oxygen atoms in total. The Labute approximate surface area is 153 Å². The number of pyridine rings is 1. The lowest BCUT2D eigenvalue weighted by molar-refractivity contribution is -0.348. The number of aromatic nitrogens is 1. The first-order valence-electron chi connectivity index (χ1n) is 6.95. The Morgan fingerprint density at radius 1 is 0.846 bits per heavy atom. The van der Waals surface area contributed by atoms with Crippen LogP contribution in [0, 0.1) is 13.8 Å². The van der Waals surface area contributed by atoms with E-state index in [4.69, 9.17) is 23.2 Å². The van der Waals surface area contributed by atoms with Crippen LogP contribution in [0.4, 0.5) is 30.7 Å². The number of aryl methyl sites for hydroxylation is 2. The van der Waals surface area contributed by atoms with Crippen LogP contribution < -0.4 is 0 Å². The molecule has 0 radical (unpaired) electrons. The van der Waals surface area contributed by atoms with Crippen molar-refractivity contribution in [3.8, 4) is 11.1 Å². The van der Waals surface area contributed by atoms with E-state index in [0.717, 1.165) is 12.3 Å². The van der Waals surface area contributed by atoms with Crippen LogP contribution in [0.15, 0.2) is 24.4 Å². The summed E-state index contributed by atoms with van der Waals surface area (Å²) >= 11 is 11.4. The minimum atomic E-state index is -6.23. The van der Waals surface area contributed by atoms with Crippen LogP contribution in [0.5, 0.6) is 0 Å². The number of hydrogen-bond donors (Lipinski definition) is 0. The van der Waals surface area contributed by atoms with Crippen LogP contribution in [0.3, 0.4) is 0 Å². The van der Waals surface area contributed by atoms with Gasteiger partial charge in [-0.05, 0) is 31.0 Å². The molecule has 0 amide bonds. The van der Waals surface area contributed by atoms with Gasteiger partial charge in [-0.25, -0.2) is 9.37 Å². The molecule has 0 atom stereocenters. The Hall–Kier alpha value is -1.54. The predicted molar refractivity (Wildman–Crippen MR) is 84.1 cm³/mol. The van der Waals surface area contributed by atoms with E-state index in [-0.39, 0.29) is 26.9 Å². The van der Waals surface area contributed by atoms with Crippen molar-refractivity contribution in [3.05, 3.63) is 51.3 Å². The van der Waals surface area contributed by atoms with Crippen LogP contribution in [0.25, 0.3) is 11.1 Å². The molecular weight excluding hydrogens is 410 g/mol. The normalized spacial score (nSPS) is 13.2. The number of nitrogens with zero attached hydrogens (tertiary/aromatic N) is 1. The second kappa shape index (κ2) is 6.56. The molecule has 0 spiro atoms. The molecule has 2 aromatic rings. The fourth-order valence-electron chi connectivity index (χ4n) is 2.65. The van der Waals surface area contributed by atoms with Crippen molar-refractivity contribution in [1.29, 1.82) is 0 Å². The third kappa shape index (κ3) is 3.36. The van der Waals surface area contributed by atoms with Crippen LogP contribution in [0.2, 0.25) is 10.2 Å². The van der Waals surface area contributed by atoms with E-state index < -0.39 is 29.1 Å². The maximum atomic E-state index is 14.7. The average Bonchev–Trinajstić information content (AvgIpc) is 2.46. The van der Waals surface area contributed by atoms with Gasteiger partial charge >= 0.3 is 18.0 Å². The average molecular weight is 420 g/mol. The minimum Gasteiger partial charge on any atom is -0.242 e. The van der Waals surface area contributed by atoms with Crippen LogP contribution in [0.1, 0.15) is 16.7 Å². The Morgan fingerprint density at radius 2 is 1.38 bits per heavy atom. The van der Waals surface area contributed by atoms with E-state index in [0.29, 0.717) is 6.07 Å². The fraction of sp³-hybridized carbons (Fsp3) is 0.312. The summed E-state index contributed by atoms with van der Waals surface area (Å²) < 4.78 is 94.1. The quantitative estimate of drug-likeness (QED) is 0.378. The SMILES string of the molecule is Cc1cc(C)c(-c2cnc(Cl)c(Cl)c2)c(C(F)(C(F)(F)F)C(F)(F)F)c1. The first kappa shape index (κ1) is 20.8. The molecule has 2 rings (SSSR count). The lowest BCUT2D eigenvalue weighted by Crippen LogP contribution is -2.50. The molecule has 0 saturated heterocycles. The van der Waals surface area contributed by atoms with E-state index in [1.54, 1.807) is 0 Å². The van der Waals surface area contributed by atoms with E-state index in [1.165, 1.54) is 19.9 Å². The van der Waals surface area contributed by atoms with Crippen molar-refractivity contribution in [3.63, 3.8) is 0 Å². The molecule has 0 N–H and O–H groups in total. The van der Waals surface area contributed by atoms with Crippen molar-refractivity contribution in [2.24, 2.45) is 0 Å². The van der Waals surface area contributed by atoms with Crippen molar-refractivity contribution < 1.29 is 30.7 Å². The third-order valence-electron chi connectivity index (χ3n) is 3.72. The summed E-state index contributed by atoms with van der Waals surface area (Å²) in [6.45, 7) is 2.53. The molecule has 0 aliphatic heterocycles. The minimum absolute atomic E-state index is 0.00397. The number of alkyl halides is 7. The molecular formula is C16H10Cl2F7N. The fourth-order valence-corrected chi connectivity index (χ4v) is 2.92. The number of rotatable bonds is 2. The molecule has 0 saturated carbocycles. The lowest BCUT2D eigenvalue weighted by atomic mass is 9.84. The van der Waals surface area contributed by atoms with Crippen molar-refractivity contribution in [2.45, 2.75) is 31.9 Å². The first-order chi connectivity index (χ1) is 11.7. The molecule has 10 heteroatoms. The van der Waals surface area contributed by atoms with E-state index in [1.807, 2.05) is 0 Å². The van der Waals surface area contributed by atoms with Gasteiger partial charge in [-0.1, -0.05) is 40.9 Å². The van der Waals surface area contributed by atoms with Crippen molar-refractivity contribution in [2.75, 3.05) is 0 Å². The summed E-state index contributed by atoms with van der Waals surface area (Å²) in [5.41, 5.74) is -7.94. The zero-order valence-corrected chi connectivity index (χ0v) is 14.7. The highest BCUT2D eigenvalue weighted by Crippen LogP contribution is 2.56. The van der Waals surface area contributed by atoms with Gasteiger partial charge in [-0.15, -0.1) is 0 Å². The first-order valence-corrected chi connectivity index (χ1v) is 7.71. The summed E-state index contributed by atoms with van der Waals surface area (Å²) in [4.78, 5) is 3.61. The number of halogens is 9. The number of hydrogen-bond acceptors (Lipinski definition) is 1. The highest BCUT2D eigenvalue weighted by molar-refractivity contribution is 6.41. The van der Waals surface area contributed by atoms with Crippen molar-refractivity contribution >= 4 is 23.2 Å². The molecule has 0 bridgehead atoms. The van der Waals surface area contributed by atoms with Gasteiger partial charge in [-0.3, -0.25) is 0 Å². The second-order valence-corrected chi connectivity index (χ2v) is 6.42. The molecule has 0 fully saturated rings. The highest BCUT2D eigenvalue weighted by atomic mass is 35.5. The Balaban J connectivity index is 2.94. The Kier molecular flexibility index (Phi) is 5.24. The largest absolute Gasteiger partial charge is 0.435 e. The maximum absolute atomic E-state index is 14.7. The van der Waals surface area contributed by atoms with Crippen LogP contribution >= 0.6 is 23.2 Å². The predicted octanol–water partition coefficient (Wildman–Crippen LogP) is 6.96.